The number of rotatable bonds is 11. The van der Waals surface area contributed by atoms with Crippen LogP contribution in [0.5, 0.6) is 5.75 Å². The average molecular weight is 689 g/mol. The second-order valence-corrected chi connectivity index (χ2v) is 14.8. The molecule has 1 aromatic carbocycles. The van der Waals surface area contributed by atoms with Crippen LogP contribution >= 0.6 is 0 Å². The summed E-state index contributed by atoms with van der Waals surface area (Å²) in [5.41, 5.74) is 5.10. The van der Waals surface area contributed by atoms with Crippen molar-refractivity contribution in [2.75, 3.05) is 42.6 Å². The van der Waals surface area contributed by atoms with Gasteiger partial charge in [-0.05, 0) is 84.9 Å². The summed E-state index contributed by atoms with van der Waals surface area (Å²) in [4.78, 5) is 57.3. The Morgan fingerprint density at radius 3 is 2.22 bits per heavy atom. The minimum atomic E-state index is -1.04. The number of amides is 4. The first-order valence-corrected chi connectivity index (χ1v) is 18.3. The van der Waals surface area contributed by atoms with Crippen molar-refractivity contribution in [3.63, 3.8) is 0 Å². The van der Waals surface area contributed by atoms with E-state index in [4.69, 9.17) is 19.9 Å². The topological polar surface area (TPSA) is 132 Å². The molecule has 1 aromatic rings. The third-order valence-electron chi connectivity index (χ3n) is 8.44. The maximum Gasteiger partial charge on any atom is 0.410 e. The van der Waals surface area contributed by atoms with Crippen molar-refractivity contribution in [3.05, 3.63) is 18.2 Å². The number of unbranched alkanes of at least 4 members (excludes halogenated alkanes) is 1. The Bertz CT molecular complexity index is 1250. The first-order valence-electron chi connectivity index (χ1n) is 18.3. The molecule has 0 radical (unpaired) electrons. The Morgan fingerprint density at radius 1 is 1.08 bits per heavy atom. The Balaban J connectivity index is 0.000000824. The van der Waals surface area contributed by atoms with Gasteiger partial charge >= 0.3 is 6.09 Å². The van der Waals surface area contributed by atoms with Gasteiger partial charge in [0, 0.05) is 38.0 Å². The van der Waals surface area contributed by atoms with Crippen LogP contribution in [-0.4, -0.2) is 78.8 Å². The van der Waals surface area contributed by atoms with Crippen LogP contribution in [0.4, 0.5) is 16.2 Å². The number of piperidine rings is 1. The third kappa shape index (κ3) is 12.2. The van der Waals surface area contributed by atoms with E-state index in [0.29, 0.717) is 36.9 Å². The first-order chi connectivity index (χ1) is 23.0. The molecule has 1 saturated carbocycles. The number of carbonyl (C=O) groups is 4. The second-order valence-electron chi connectivity index (χ2n) is 14.8. The zero-order valence-electron chi connectivity index (χ0n) is 32.1. The first kappa shape index (κ1) is 41.8. The number of hydrogen-bond donors (Lipinski definition) is 1. The van der Waals surface area contributed by atoms with Gasteiger partial charge in [-0.3, -0.25) is 14.4 Å². The van der Waals surface area contributed by atoms with E-state index in [0.717, 1.165) is 18.8 Å². The van der Waals surface area contributed by atoms with Gasteiger partial charge in [0.05, 0.1) is 24.1 Å². The number of benzene rings is 1. The van der Waals surface area contributed by atoms with Crippen LogP contribution in [0.25, 0.3) is 0 Å². The van der Waals surface area contributed by atoms with Crippen molar-refractivity contribution in [2.24, 2.45) is 23.5 Å². The molecule has 1 saturated heterocycles. The van der Waals surface area contributed by atoms with E-state index in [1.807, 2.05) is 32.9 Å². The van der Waals surface area contributed by atoms with E-state index in [1.165, 1.54) is 24.2 Å². The molecule has 2 atom stereocenters. The van der Waals surface area contributed by atoms with E-state index in [-0.39, 0.29) is 37.4 Å². The third-order valence-corrected chi connectivity index (χ3v) is 8.44. The fourth-order valence-corrected chi connectivity index (χ4v) is 5.85. The smallest absolute Gasteiger partial charge is 0.410 e. The molecule has 0 unspecified atom stereocenters. The van der Waals surface area contributed by atoms with Crippen LogP contribution in [0.1, 0.15) is 115 Å². The van der Waals surface area contributed by atoms with E-state index in [1.54, 1.807) is 50.5 Å². The quantitative estimate of drug-likeness (QED) is 0.249. The van der Waals surface area contributed by atoms with Crippen molar-refractivity contribution in [2.45, 2.75) is 132 Å². The second kappa shape index (κ2) is 18.6. The number of fused-ring (bicyclic) bond motifs is 1. The summed E-state index contributed by atoms with van der Waals surface area (Å²) >= 11 is 0. The number of nitrogens with two attached hydrogens (primary N) is 1. The van der Waals surface area contributed by atoms with Gasteiger partial charge in [-0.2, -0.15) is 0 Å². The number of likely N-dealkylation sites (tertiary alicyclic amines) is 1. The van der Waals surface area contributed by atoms with E-state index >= 15 is 0 Å². The van der Waals surface area contributed by atoms with Crippen LogP contribution in [0.3, 0.4) is 0 Å². The summed E-state index contributed by atoms with van der Waals surface area (Å²) in [5.74, 6) is -0.781. The lowest BCUT2D eigenvalue weighted by Gasteiger charge is -2.40. The molecule has 0 spiro atoms. The molecule has 2 N–H and O–H groups in total. The van der Waals surface area contributed by atoms with Crippen molar-refractivity contribution >= 4 is 35.2 Å². The van der Waals surface area contributed by atoms with Gasteiger partial charge in [0.15, 0.2) is 5.60 Å². The lowest BCUT2D eigenvalue weighted by molar-refractivity contribution is -0.133. The Kier molecular flexibility index (Phi) is 15.9. The number of primary amides is 1. The summed E-state index contributed by atoms with van der Waals surface area (Å²) in [6.45, 7) is 22.9. The molecule has 2 heterocycles. The van der Waals surface area contributed by atoms with Gasteiger partial charge in [-0.25, -0.2) is 4.79 Å². The number of ether oxygens (including phenoxy) is 3. The molecule has 11 heteroatoms. The SMILES string of the molecule is CC.CCCCC(C)C.CCOCCN1C(=O)C(C)(C)Oc2ccc(N(C(=O)[C@@H]3C[C@H](C(N)=O)CN(C(=O)OC(C)(C)C)C3)C3CC3)cc21. The molecule has 49 heavy (non-hydrogen) atoms. The molecule has 11 nitrogen and oxygen atoms in total. The molecule has 2 aliphatic heterocycles. The Morgan fingerprint density at radius 2 is 1.71 bits per heavy atom. The van der Waals surface area contributed by atoms with Gasteiger partial charge in [0.2, 0.25) is 11.8 Å². The molecule has 4 amide bonds. The van der Waals surface area contributed by atoms with Crippen LogP contribution in [-0.2, 0) is 23.9 Å². The molecule has 0 bridgehead atoms. The number of anilines is 2. The number of carbonyl (C=O) groups excluding carboxylic acids is 4. The predicted molar refractivity (Wildman–Crippen MR) is 195 cm³/mol. The molecule has 278 valence electrons. The standard InChI is InChI=1S/C29H42N4O7.C7H16.C2H6/c1-7-38-13-12-32-22-15-21(10-11-23(22)39-29(5,6)26(32)36)33(20-8-9-20)25(35)19-14-18(24(30)34)16-31(17-19)27(37)40-28(2,3)4;1-4-5-6-7(2)3;1-2/h10-11,15,18-20H,7-9,12-14,16-17H2,1-6H3,(H2,30,34);7H,4-6H2,1-3H3;1-2H3/t18-,19+;;/m0../s1. The lowest BCUT2D eigenvalue weighted by Crippen LogP contribution is -2.54. The highest BCUT2D eigenvalue weighted by molar-refractivity contribution is 6.04. The van der Waals surface area contributed by atoms with E-state index < -0.39 is 35.0 Å². The monoisotopic (exact) mass is 688 g/mol. The van der Waals surface area contributed by atoms with Crippen LogP contribution in [0.15, 0.2) is 18.2 Å². The normalized spacial score (nSPS) is 19.8. The zero-order valence-corrected chi connectivity index (χ0v) is 32.1. The number of nitrogens with zero attached hydrogens (tertiary/aromatic N) is 3. The van der Waals surface area contributed by atoms with Crippen LogP contribution < -0.4 is 20.3 Å². The summed E-state index contributed by atoms with van der Waals surface area (Å²) in [6.07, 6.45) is 5.48. The van der Waals surface area contributed by atoms with Gasteiger partial charge in [0.25, 0.3) is 5.91 Å². The Labute approximate surface area is 295 Å². The minimum absolute atomic E-state index is 0.0111. The largest absolute Gasteiger partial charge is 0.476 e. The maximum absolute atomic E-state index is 14.1. The summed E-state index contributed by atoms with van der Waals surface area (Å²) < 4.78 is 17.1. The minimum Gasteiger partial charge on any atom is -0.476 e. The zero-order chi connectivity index (χ0) is 37.1. The van der Waals surface area contributed by atoms with Gasteiger partial charge < -0.3 is 34.6 Å². The van der Waals surface area contributed by atoms with Gasteiger partial charge in [-0.1, -0.05) is 53.9 Å². The van der Waals surface area contributed by atoms with Crippen molar-refractivity contribution in [3.8, 4) is 5.75 Å². The fraction of sp³-hybridized carbons (Fsp3) is 0.737. The summed E-state index contributed by atoms with van der Waals surface area (Å²) in [5, 5.41) is 0. The van der Waals surface area contributed by atoms with Crippen LogP contribution in [0, 0.1) is 17.8 Å². The molecule has 1 aliphatic carbocycles. The summed E-state index contributed by atoms with van der Waals surface area (Å²) in [7, 11) is 0. The highest BCUT2D eigenvalue weighted by Crippen LogP contribution is 2.43. The average Bonchev–Trinajstić information content (AvgIpc) is 3.87. The number of hydrogen-bond acceptors (Lipinski definition) is 7. The molecule has 4 rings (SSSR count). The van der Waals surface area contributed by atoms with Crippen molar-refractivity contribution in [1.82, 2.24) is 4.90 Å². The molecule has 2 fully saturated rings. The maximum atomic E-state index is 14.1. The highest BCUT2D eigenvalue weighted by Gasteiger charge is 2.45. The van der Waals surface area contributed by atoms with Gasteiger partial charge in [-0.15, -0.1) is 0 Å². The predicted octanol–water partition coefficient (Wildman–Crippen LogP) is 6.94. The van der Waals surface area contributed by atoms with Gasteiger partial charge in [0.1, 0.15) is 11.4 Å². The van der Waals surface area contributed by atoms with Crippen molar-refractivity contribution < 1.29 is 33.4 Å². The fourth-order valence-electron chi connectivity index (χ4n) is 5.85. The highest BCUT2D eigenvalue weighted by atomic mass is 16.6. The molecule has 0 aromatic heterocycles. The lowest BCUT2D eigenvalue weighted by atomic mass is 9.87. The summed E-state index contributed by atoms with van der Waals surface area (Å²) in [6, 6.07) is 5.41. The molecule has 3 aliphatic rings. The van der Waals surface area contributed by atoms with E-state index in [2.05, 4.69) is 20.8 Å². The molecular weight excluding hydrogens is 624 g/mol. The van der Waals surface area contributed by atoms with E-state index in [9.17, 15) is 19.2 Å². The molecular formula is C38H64N4O7. The van der Waals surface area contributed by atoms with Crippen LogP contribution in [0.2, 0.25) is 0 Å². The Hall–Kier alpha value is -3.34. The van der Waals surface area contributed by atoms with Crippen molar-refractivity contribution in [1.29, 1.82) is 0 Å².